The van der Waals surface area contributed by atoms with Crippen LogP contribution in [0.2, 0.25) is 0 Å². The predicted octanol–water partition coefficient (Wildman–Crippen LogP) is 4.91. The van der Waals surface area contributed by atoms with E-state index in [1.54, 1.807) is 18.2 Å². The Bertz CT molecular complexity index is 1310. The van der Waals surface area contributed by atoms with Crippen molar-refractivity contribution in [2.24, 2.45) is 4.99 Å². The molecule has 0 saturated heterocycles. The van der Waals surface area contributed by atoms with Gasteiger partial charge in [-0.25, -0.2) is 4.99 Å². The van der Waals surface area contributed by atoms with Gasteiger partial charge in [0.1, 0.15) is 22.7 Å². The fourth-order valence-corrected chi connectivity index (χ4v) is 2.90. The molecule has 0 saturated carbocycles. The number of carbonyl (C=O) groups excluding carboxylic acids is 1. The molecule has 1 amide bonds. The van der Waals surface area contributed by atoms with E-state index in [2.05, 4.69) is 10.3 Å². The zero-order valence-corrected chi connectivity index (χ0v) is 15.8. The lowest BCUT2D eigenvalue weighted by Gasteiger charge is -2.08. The van der Waals surface area contributed by atoms with E-state index in [0.29, 0.717) is 11.1 Å². The van der Waals surface area contributed by atoms with E-state index in [1.807, 2.05) is 0 Å². The molecule has 0 atom stereocenters. The summed E-state index contributed by atoms with van der Waals surface area (Å²) in [6.45, 7) is 0.0996. The predicted molar refractivity (Wildman–Crippen MR) is 104 cm³/mol. The summed E-state index contributed by atoms with van der Waals surface area (Å²) in [5.41, 5.74) is -0.890. The van der Waals surface area contributed by atoms with E-state index in [1.165, 1.54) is 36.6 Å². The van der Waals surface area contributed by atoms with Gasteiger partial charge in [0, 0.05) is 11.5 Å². The minimum Gasteiger partial charge on any atom is -0.508 e. The van der Waals surface area contributed by atoms with Crippen molar-refractivity contribution in [2.75, 3.05) is 0 Å². The van der Waals surface area contributed by atoms with Gasteiger partial charge in [-0.05, 0) is 48.5 Å². The van der Waals surface area contributed by atoms with Crippen LogP contribution in [-0.4, -0.2) is 11.0 Å². The van der Waals surface area contributed by atoms with E-state index in [0.717, 1.165) is 12.1 Å². The largest absolute Gasteiger partial charge is 0.508 e. The van der Waals surface area contributed by atoms with Crippen molar-refractivity contribution in [3.8, 4) is 5.75 Å². The van der Waals surface area contributed by atoms with Gasteiger partial charge < -0.3 is 19.3 Å². The van der Waals surface area contributed by atoms with Crippen LogP contribution in [0.15, 0.2) is 80.8 Å². The first-order chi connectivity index (χ1) is 14.8. The Morgan fingerprint density at radius 3 is 2.65 bits per heavy atom. The number of benzene rings is 2. The third-order valence-electron chi connectivity index (χ3n) is 4.39. The molecule has 31 heavy (non-hydrogen) atoms. The molecule has 9 heteroatoms. The summed E-state index contributed by atoms with van der Waals surface area (Å²) >= 11 is 0. The average Bonchev–Trinajstić information content (AvgIpc) is 3.25. The molecule has 0 bridgehead atoms. The van der Waals surface area contributed by atoms with Crippen molar-refractivity contribution in [2.45, 2.75) is 12.7 Å². The highest BCUT2D eigenvalue weighted by Crippen LogP contribution is 2.31. The van der Waals surface area contributed by atoms with E-state index in [4.69, 9.17) is 8.83 Å². The first-order valence-electron chi connectivity index (χ1n) is 9.09. The summed E-state index contributed by atoms with van der Waals surface area (Å²) in [6, 6.07) is 13.5. The number of furan rings is 1. The Morgan fingerprint density at radius 2 is 1.90 bits per heavy atom. The van der Waals surface area contributed by atoms with Gasteiger partial charge in [0.25, 0.3) is 5.91 Å². The van der Waals surface area contributed by atoms with Gasteiger partial charge in [-0.1, -0.05) is 6.07 Å². The molecule has 2 heterocycles. The maximum absolute atomic E-state index is 13.0. The molecule has 4 rings (SSSR count). The fourth-order valence-electron chi connectivity index (χ4n) is 2.90. The molecule has 6 nitrogen and oxygen atoms in total. The summed E-state index contributed by atoms with van der Waals surface area (Å²) in [5.74, 6) is -0.107. The first kappa shape index (κ1) is 20.3. The van der Waals surface area contributed by atoms with Crippen LogP contribution in [0, 0.1) is 0 Å². The van der Waals surface area contributed by atoms with Gasteiger partial charge in [0.15, 0.2) is 0 Å². The second kappa shape index (κ2) is 8.02. The summed E-state index contributed by atoms with van der Waals surface area (Å²) in [5, 5.41) is 12.9. The quantitative estimate of drug-likeness (QED) is 0.483. The number of alkyl halides is 3. The standard InChI is InChI=1S/C22H15F3N2O4/c23-22(24,25)14-3-1-4-15(10-14)27-21-18(20(29)26-12-17-5-2-8-30-17)9-13-6-7-16(28)11-19(13)31-21/h1-11,28H,12H2,(H,26,29). The zero-order chi connectivity index (χ0) is 22.0. The maximum atomic E-state index is 13.0. The van der Waals surface area contributed by atoms with Crippen molar-refractivity contribution < 1.29 is 31.9 Å². The maximum Gasteiger partial charge on any atom is 0.416 e. The molecule has 2 N–H and O–H groups in total. The van der Waals surface area contributed by atoms with E-state index in [9.17, 15) is 23.1 Å². The van der Waals surface area contributed by atoms with Crippen molar-refractivity contribution in [3.63, 3.8) is 0 Å². The van der Waals surface area contributed by atoms with Gasteiger partial charge >= 0.3 is 6.18 Å². The smallest absolute Gasteiger partial charge is 0.416 e. The summed E-state index contributed by atoms with van der Waals surface area (Å²) in [6.07, 6.45) is -3.07. The average molecular weight is 428 g/mol. The second-order valence-electron chi connectivity index (χ2n) is 6.61. The lowest BCUT2D eigenvalue weighted by atomic mass is 10.1. The summed E-state index contributed by atoms with van der Waals surface area (Å²) in [4.78, 5) is 16.9. The number of rotatable bonds is 4. The molecule has 0 spiro atoms. The highest BCUT2D eigenvalue weighted by molar-refractivity contribution is 5.96. The number of phenolic OH excluding ortho intramolecular Hbond substituents is 1. The monoisotopic (exact) mass is 428 g/mol. The number of nitrogens with one attached hydrogen (secondary N) is 1. The Morgan fingerprint density at radius 1 is 1.06 bits per heavy atom. The van der Waals surface area contributed by atoms with Crippen LogP contribution in [0.4, 0.5) is 18.9 Å². The van der Waals surface area contributed by atoms with Gasteiger partial charge in [-0.15, -0.1) is 0 Å². The number of halogens is 3. The second-order valence-corrected chi connectivity index (χ2v) is 6.61. The van der Waals surface area contributed by atoms with E-state index in [-0.39, 0.29) is 34.7 Å². The molecule has 2 aromatic heterocycles. The van der Waals surface area contributed by atoms with Gasteiger partial charge in [-0.2, -0.15) is 13.2 Å². The molecule has 0 aliphatic rings. The molecular weight excluding hydrogens is 413 g/mol. The van der Waals surface area contributed by atoms with Crippen LogP contribution in [0.3, 0.4) is 0 Å². The van der Waals surface area contributed by atoms with Crippen molar-refractivity contribution in [1.29, 1.82) is 0 Å². The molecule has 0 aliphatic heterocycles. The molecular formula is C22H15F3N2O4. The highest BCUT2D eigenvalue weighted by Gasteiger charge is 2.30. The fraction of sp³-hybridized carbons (Fsp3) is 0.0909. The molecule has 0 aliphatic carbocycles. The van der Waals surface area contributed by atoms with Gasteiger partial charge in [0.05, 0.1) is 24.1 Å². The third kappa shape index (κ3) is 4.61. The summed E-state index contributed by atoms with van der Waals surface area (Å²) in [7, 11) is 0. The summed E-state index contributed by atoms with van der Waals surface area (Å²) < 4.78 is 50.0. The van der Waals surface area contributed by atoms with Crippen LogP contribution in [0.5, 0.6) is 5.75 Å². The number of hydrogen-bond acceptors (Lipinski definition) is 5. The number of aromatic hydroxyl groups is 1. The number of carbonyl (C=O) groups is 1. The lowest BCUT2D eigenvalue weighted by Crippen LogP contribution is -2.28. The Balaban J connectivity index is 1.81. The topological polar surface area (TPSA) is 88.0 Å². The molecule has 4 aromatic rings. The minimum absolute atomic E-state index is 0.0159. The van der Waals surface area contributed by atoms with Crippen molar-refractivity contribution in [1.82, 2.24) is 5.32 Å². The van der Waals surface area contributed by atoms with Gasteiger partial charge in [-0.3, -0.25) is 4.79 Å². The molecule has 0 radical (unpaired) electrons. The van der Waals surface area contributed by atoms with E-state index < -0.39 is 17.6 Å². The zero-order valence-electron chi connectivity index (χ0n) is 15.8. The lowest BCUT2D eigenvalue weighted by molar-refractivity contribution is -0.137. The van der Waals surface area contributed by atoms with Crippen molar-refractivity contribution in [3.05, 3.63) is 89.4 Å². The van der Waals surface area contributed by atoms with E-state index >= 15 is 0 Å². The Labute approximate surface area is 173 Å². The minimum atomic E-state index is -4.54. The van der Waals surface area contributed by atoms with Crippen LogP contribution in [0.25, 0.3) is 11.0 Å². The van der Waals surface area contributed by atoms with Crippen LogP contribution in [-0.2, 0) is 12.7 Å². The van der Waals surface area contributed by atoms with Crippen LogP contribution >= 0.6 is 0 Å². The SMILES string of the molecule is O=C(NCc1ccco1)c1cc2ccc(O)cc2oc1=Nc1cccc(C(F)(F)F)c1. The molecule has 0 fully saturated rings. The van der Waals surface area contributed by atoms with Crippen molar-refractivity contribution >= 4 is 22.6 Å². The third-order valence-corrected chi connectivity index (χ3v) is 4.39. The van der Waals surface area contributed by atoms with Gasteiger partial charge in [0.2, 0.25) is 5.55 Å². The first-order valence-corrected chi connectivity index (χ1v) is 9.09. The number of fused-ring (bicyclic) bond motifs is 1. The Kier molecular flexibility index (Phi) is 5.24. The van der Waals surface area contributed by atoms with Crippen LogP contribution in [0.1, 0.15) is 21.7 Å². The van der Waals surface area contributed by atoms with Crippen LogP contribution < -0.4 is 10.9 Å². The highest BCUT2D eigenvalue weighted by atomic mass is 19.4. The molecule has 2 aromatic carbocycles. The molecule has 158 valence electrons. The Hall–Kier alpha value is -4.01. The molecule has 0 unspecified atom stereocenters. The number of phenols is 1. The number of nitrogens with zero attached hydrogens (tertiary/aromatic N) is 1. The number of amides is 1. The normalized spacial score (nSPS) is 12.3. The number of hydrogen-bond donors (Lipinski definition) is 2.